The number of nitrogens with one attached hydrogen (secondary N) is 1. The number of halogens is 2. The summed E-state index contributed by atoms with van der Waals surface area (Å²) in [6, 6.07) is 5.28. The van der Waals surface area contributed by atoms with Crippen LogP contribution in [0.3, 0.4) is 0 Å². The van der Waals surface area contributed by atoms with Crippen molar-refractivity contribution in [2.24, 2.45) is 0 Å². The highest BCUT2D eigenvalue weighted by Gasteiger charge is 2.29. The first-order chi connectivity index (χ1) is 14.0. The van der Waals surface area contributed by atoms with E-state index in [0.717, 1.165) is 24.1 Å². The minimum atomic E-state index is -0.851. The number of likely N-dealkylation sites (tertiary alicyclic amines) is 1. The summed E-state index contributed by atoms with van der Waals surface area (Å²) in [5.74, 6) is -1.39. The SMILES string of the molecule is CN[C@@H](C)C/C=C/c1cncc(O[C@H]2CCN(C(=O)c3ccc(F)cc3F)C2)c1. The largest absolute Gasteiger partial charge is 0.487 e. The summed E-state index contributed by atoms with van der Waals surface area (Å²) in [5, 5.41) is 3.18. The molecule has 1 aliphatic rings. The van der Waals surface area contributed by atoms with E-state index in [0.29, 0.717) is 31.3 Å². The van der Waals surface area contributed by atoms with Crippen LogP contribution in [0.5, 0.6) is 5.75 Å². The van der Waals surface area contributed by atoms with Gasteiger partial charge >= 0.3 is 0 Å². The first-order valence-electron chi connectivity index (χ1n) is 9.66. The van der Waals surface area contributed by atoms with Gasteiger partial charge in [0.25, 0.3) is 5.91 Å². The number of hydrogen-bond donors (Lipinski definition) is 1. The topological polar surface area (TPSA) is 54.5 Å². The van der Waals surface area contributed by atoms with Gasteiger partial charge in [-0.2, -0.15) is 0 Å². The third-order valence-electron chi connectivity index (χ3n) is 4.92. The summed E-state index contributed by atoms with van der Waals surface area (Å²) in [5.41, 5.74) is 0.807. The van der Waals surface area contributed by atoms with Crippen LogP contribution in [0.25, 0.3) is 6.08 Å². The molecule has 0 aliphatic carbocycles. The quantitative estimate of drug-likeness (QED) is 0.769. The molecule has 1 amide bonds. The Balaban J connectivity index is 1.58. The number of rotatable bonds is 7. The predicted molar refractivity (Wildman–Crippen MR) is 108 cm³/mol. The number of pyridine rings is 1. The van der Waals surface area contributed by atoms with Gasteiger partial charge in [-0.3, -0.25) is 9.78 Å². The van der Waals surface area contributed by atoms with Gasteiger partial charge in [0.05, 0.1) is 18.3 Å². The smallest absolute Gasteiger partial charge is 0.256 e. The fraction of sp³-hybridized carbons (Fsp3) is 0.364. The molecule has 1 aromatic carbocycles. The maximum atomic E-state index is 13.9. The van der Waals surface area contributed by atoms with Crippen LogP contribution < -0.4 is 10.1 Å². The summed E-state index contributed by atoms with van der Waals surface area (Å²) in [6.07, 6.45) is 8.81. The second-order valence-corrected chi connectivity index (χ2v) is 7.19. The molecular weight excluding hydrogens is 376 g/mol. The molecule has 0 bridgehead atoms. The van der Waals surface area contributed by atoms with Gasteiger partial charge in [-0.1, -0.05) is 12.2 Å². The van der Waals surface area contributed by atoms with Crippen LogP contribution in [0, 0.1) is 11.6 Å². The Labute approximate surface area is 169 Å². The van der Waals surface area contributed by atoms with Crippen LogP contribution in [-0.4, -0.2) is 48.1 Å². The van der Waals surface area contributed by atoms with Crippen molar-refractivity contribution in [1.29, 1.82) is 0 Å². The molecule has 1 N–H and O–H groups in total. The van der Waals surface area contributed by atoms with Crippen LogP contribution >= 0.6 is 0 Å². The molecular formula is C22H25F2N3O2. The first-order valence-corrected chi connectivity index (χ1v) is 9.66. The fourth-order valence-electron chi connectivity index (χ4n) is 3.15. The Morgan fingerprint density at radius 3 is 2.97 bits per heavy atom. The van der Waals surface area contributed by atoms with Crippen molar-refractivity contribution in [2.75, 3.05) is 20.1 Å². The summed E-state index contributed by atoms with van der Waals surface area (Å²) in [7, 11) is 1.93. The lowest BCUT2D eigenvalue weighted by molar-refractivity contribution is 0.0767. The number of benzene rings is 1. The number of ether oxygens (including phenoxy) is 1. The van der Waals surface area contributed by atoms with Crippen molar-refractivity contribution in [2.45, 2.75) is 31.9 Å². The van der Waals surface area contributed by atoms with E-state index in [1.54, 1.807) is 12.4 Å². The van der Waals surface area contributed by atoms with Crippen molar-refractivity contribution < 1.29 is 18.3 Å². The minimum absolute atomic E-state index is 0.128. The van der Waals surface area contributed by atoms with E-state index in [1.165, 1.54) is 11.0 Å². The summed E-state index contributed by atoms with van der Waals surface area (Å²) >= 11 is 0. The number of amides is 1. The highest BCUT2D eigenvalue weighted by Crippen LogP contribution is 2.22. The Bertz CT molecular complexity index is 888. The molecule has 0 unspecified atom stereocenters. The molecule has 0 spiro atoms. The zero-order chi connectivity index (χ0) is 20.8. The van der Waals surface area contributed by atoms with E-state index in [9.17, 15) is 13.6 Å². The Morgan fingerprint density at radius 1 is 1.38 bits per heavy atom. The van der Waals surface area contributed by atoms with Crippen molar-refractivity contribution in [1.82, 2.24) is 15.2 Å². The number of aromatic nitrogens is 1. The van der Waals surface area contributed by atoms with E-state index < -0.39 is 17.5 Å². The molecule has 3 rings (SSSR count). The Hall–Kier alpha value is -2.80. The monoisotopic (exact) mass is 401 g/mol. The highest BCUT2D eigenvalue weighted by molar-refractivity contribution is 5.94. The van der Waals surface area contributed by atoms with Gasteiger partial charge in [0, 0.05) is 31.3 Å². The van der Waals surface area contributed by atoms with Crippen molar-refractivity contribution in [3.8, 4) is 5.75 Å². The second-order valence-electron chi connectivity index (χ2n) is 7.19. The van der Waals surface area contributed by atoms with Crippen molar-refractivity contribution >= 4 is 12.0 Å². The highest BCUT2D eigenvalue weighted by atomic mass is 19.1. The molecule has 0 saturated carbocycles. The second kappa shape index (κ2) is 9.60. The zero-order valence-electron chi connectivity index (χ0n) is 16.6. The third-order valence-corrected chi connectivity index (χ3v) is 4.92. The predicted octanol–water partition coefficient (Wildman–Crippen LogP) is 3.66. The van der Waals surface area contributed by atoms with Crippen LogP contribution in [-0.2, 0) is 0 Å². The molecule has 29 heavy (non-hydrogen) atoms. The van der Waals surface area contributed by atoms with Crippen LogP contribution in [0.4, 0.5) is 8.78 Å². The molecule has 1 fully saturated rings. The van der Waals surface area contributed by atoms with Gasteiger partial charge in [0.1, 0.15) is 23.5 Å². The summed E-state index contributed by atoms with van der Waals surface area (Å²) in [4.78, 5) is 18.2. The average molecular weight is 401 g/mol. The lowest BCUT2D eigenvalue weighted by atomic mass is 10.2. The molecule has 7 heteroatoms. The molecule has 2 atom stereocenters. The minimum Gasteiger partial charge on any atom is -0.487 e. The fourth-order valence-corrected chi connectivity index (χ4v) is 3.15. The van der Waals surface area contributed by atoms with Gasteiger partial charge in [-0.05, 0) is 44.2 Å². The van der Waals surface area contributed by atoms with Gasteiger partial charge in [-0.25, -0.2) is 8.78 Å². The Morgan fingerprint density at radius 2 is 2.21 bits per heavy atom. The van der Waals surface area contributed by atoms with E-state index in [2.05, 4.69) is 23.3 Å². The molecule has 1 aromatic heterocycles. The third kappa shape index (κ3) is 5.60. The van der Waals surface area contributed by atoms with Gasteiger partial charge < -0.3 is 15.0 Å². The normalized spacial score (nSPS) is 17.7. The maximum Gasteiger partial charge on any atom is 0.256 e. The van der Waals surface area contributed by atoms with Gasteiger partial charge in [0.15, 0.2) is 0 Å². The number of hydrogen-bond acceptors (Lipinski definition) is 4. The summed E-state index contributed by atoms with van der Waals surface area (Å²) < 4.78 is 32.9. The lowest BCUT2D eigenvalue weighted by Crippen LogP contribution is -2.31. The maximum absolute atomic E-state index is 13.9. The molecule has 1 aliphatic heterocycles. The molecule has 5 nitrogen and oxygen atoms in total. The van der Waals surface area contributed by atoms with E-state index in [1.807, 2.05) is 19.2 Å². The molecule has 154 valence electrons. The number of carbonyl (C=O) groups is 1. The van der Waals surface area contributed by atoms with Gasteiger partial charge in [-0.15, -0.1) is 0 Å². The van der Waals surface area contributed by atoms with Crippen molar-refractivity contribution in [3.05, 3.63) is 65.5 Å². The summed E-state index contributed by atoms with van der Waals surface area (Å²) in [6.45, 7) is 2.90. The van der Waals surface area contributed by atoms with E-state index >= 15 is 0 Å². The molecule has 2 heterocycles. The van der Waals surface area contributed by atoms with Crippen LogP contribution in [0.15, 0.2) is 42.7 Å². The van der Waals surface area contributed by atoms with E-state index in [-0.39, 0.29) is 11.7 Å². The number of nitrogens with zero attached hydrogens (tertiary/aromatic N) is 2. The molecule has 2 aromatic rings. The lowest BCUT2D eigenvalue weighted by Gasteiger charge is -2.17. The number of carbonyl (C=O) groups excluding carboxylic acids is 1. The first kappa shape index (κ1) is 20.9. The molecule has 1 saturated heterocycles. The Kier molecular flexibility index (Phi) is 6.93. The standard InChI is InChI=1S/C22H25F2N3O2/c1-15(25-2)4-3-5-16-10-19(13-26-12-16)29-18-8-9-27(14-18)22(28)20-7-6-17(23)11-21(20)24/h3,5-7,10-13,15,18,25H,4,8-9,14H2,1-2H3/b5-3+/t15-,18-/m0/s1. The van der Waals surface area contributed by atoms with E-state index in [4.69, 9.17) is 4.74 Å². The van der Waals surface area contributed by atoms with Crippen LogP contribution in [0.2, 0.25) is 0 Å². The molecule has 0 radical (unpaired) electrons. The van der Waals surface area contributed by atoms with Crippen molar-refractivity contribution in [3.63, 3.8) is 0 Å². The zero-order valence-corrected chi connectivity index (χ0v) is 16.6. The average Bonchev–Trinajstić information content (AvgIpc) is 3.16. The van der Waals surface area contributed by atoms with Gasteiger partial charge in [0.2, 0.25) is 0 Å². The van der Waals surface area contributed by atoms with Crippen LogP contribution in [0.1, 0.15) is 35.7 Å².